The van der Waals surface area contributed by atoms with Crippen molar-refractivity contribution in [1.29, 1.82) is 0 Å². The van der Waals surface area contributed by atoms with Crippen LogP contribution < -0.4 is 0 Å². The molecule has 0 fully saturated rings. The van der Waals surface area contributed by atoms with Crippen LogP contribution in [-0.4, -0.2) is 22.4 Å². The first-order valence-electron chi connectivity index (χ1n) is 8.84. The molecule has 3 rings (SSSR count). The van der Waals surface area contributed by atoms with Gasteiger partial charge < -0.3 is 14.7 Å². The SMILES string of the molecule is CCC1=NOC(C(=O)O)(C(OCc2ccc(C)cc2)c2ccc(Br)cc2)C1. The molecule has 5 nitrogen and oxygen atoms in total. The minimum Gasteiger partial charge on any atom is -0.478 e. The van der Waals surface area contributed by atoms with Gasteiger partial charge in [-0.1, -0.05) is 70.0 Å². The van der Waals surface area contributed by atoms with Gasteiger partial charge in [-0.25, -0.2) is 4.79 Å². The monoisotopic (exact) mass is 431 g/mol. The van der Waals surface area contributed by atoms with Gasteiger partial charge in [0.15, 0.2) is 0 Å². The molecule has 142 valence electrons. The maximum absolute atomic E-state index is 12.2. The third kappa shape index (κ3) is 4.22. The van der Waals surface area contributed by atoms with E-state index in [2.05, 4.69) is 21.1 Å². The summed E-state index contributed by atoms with van der Waals surface area (Å²) in [6.07, 6.45) is 0.0465. The third-order valence-corrected chi connectivity index (χ3v) is 5.24. The summed E-state index contributed by atoms with van der Waals surface area (Å²) in [5, 5.41) is 14.0. The number of rotatable bonds is 7. The van der Waals surface area contributed by atoms with Gasteiger partial charge in [-0.2, -0.15) is 0 Å². The van der Waals surface area contributed by atoms with Gasteiger partial charge in [0, 0.05) is 10.9 Å². The van der Waals surface area contributed by atoms with E-state index in [1.54, 1.807) is 0 Å². The molecule has 2 aromatic carbocycles. The highest BCUT2D eigenvalue weighted by atomic mass is 79.9. The second-order valence-corrected chi connectivity index (χ2v) is 7.62. The van der Waals surface area contributed by atoms with Crippen LogP contribution in [0.2, 0.25) is 0 Å². The molecule has 0 radical (unpaired) electrons. The molecular formula is C21H22BrNO4. The fourth-order valence-corrected chi connectivity index (χ4v) is 3.34. The lowest BCUT2D eigenvalue weighted by atomic mass is 9.86. The van der Waals surface area contributed by atoms with Crippen molar-refractivity contribution >= 4 is 27.6 Å². The van der Waals surface area contributed by atoms with Gasteiger partial charge in [-0.15, -0.1) is 0 Å². The molecule has 0 saturated heterocycles. The Hall–Kier alpha value is -2.18. The Morgan fingerprint density at radius 1 is 1.26 bits per heavy atom. The third-order valence-electron chi connectivity index (χ3n) is 4.71. The van der Waals surface area contributed by atoms with Crippen LogP contribution >= 0.6 is 15.9 Å². The number of benzene rings is 2. The lowest BCUT2D eigenvalue weighted by Crippen LogP contribution is -2.46. The van der Waals surface area contributed by atoms with E-state index < -0.39 is 17.7 Å². The zero-order chi connectivity index (χ0) is 19.4. The Labute approximate surface area is 167 Å². The number of oxime groups is 1. The average molecular weight is 432 g/mol. The first-order valence-corrected chi connectivity index (χ1v) is 9.64. The van der Waals surface area contributed by atoms with Gasteiger partial charge in [-0.05, 0) is 36.6 Å². The van der Waals surface area contributed by atoms with E-state index in [-0.39, 0.29) is 13.0 Å². The molecule has 1 aliphatic rings. The molecule has 1 aliphatic heterocycles. The number of aliphatic carboxylic acids is 1. The van der Waals surface area contributed by atoms with E-state index in [4.69, 9.17) is 9.57 Å². The number of ether oxygens (including phenoxy) is 1. The summed E-state index contributed by atoms with van der Waals surface area (Å²) in [4.78, 5) is 17.7. The first-order chi connectivity index (χ1) is 12.9. The summed E-state index contributed by atoms with van der Waals surface area (Å²) in [5.74, 6) is -1.08. The van der Waals surface area contributed by atoms with Crippen molar-refractivity contribution in [3.05, 3.63) is 69.7 Å². The Kier molecular flexibility index (Phi) is 5.97. The smallest absolute Gasteiger partial charge is 0.354 e. The molecule has 1 N–H and O–H groups in total. The van der Waals surface area contributed by atoms with Crippen molar-refractivity contribution in [2.24, 2.45) is 5.16 Å². The van der Waals surface area contributed by atoms with E-state index in [0.717, 1.165) is 26.9 Å². The topological polar surface area (TPSA) is 68.1 Å². The molecular weight excluding hydrogens is 410 g/mol. The minimum absolute atomic E-state index is 0.202. The lowest BCUT2D eigenvalue weighted by Gasteiger charge is -2.31. The summed E-state index contributed by atoms with van der Waals surface area (Å²) in [6.45, 7) is 4.23. The maximum atomic E-state index is 12.2. The Morgan fingerprint density at radius 3 is 2.48 bits per heavy atom. The lowest BCUT2D eigenvalue weighted by molar-refractivity contribution is -0.187. The zero-order valence-electron chi connectivity index (χ0n) is 15.3. The van der Waals surface area contributed by atoms with Crippen molar-refractivity contribution in [2.75, 3.05) is 0 Å². The zero-order valence-corrected chi connectivity index (χ0v) is 16.9. The number of hydrogen-bond acceptors (Lipinski definition) is 4. The molecule has 0 spiro atoms. The van der Waals surface area contributed by atoms with Crippen molar-refractivity contribution in [3.63, 3.8) is 0 Å². The van der Waals surface area contributed by atoms with Crippen LogP contribution in [0.15, 0.2) is 58.2 Å². The Balaban J connectivity index is 1.92. The number of nitrogens with zero attached hydrogens (tertiary/aromatic N) is 1. The van der Waals surface area contributed by atoms with E-state index in [0.29, 0.717) is 6.42 Å². The van der Waals surface area contributed by atoms with Crippen LogP contribution in [0.3, 0.4) is 0 Å². The summed E-state index contributed by atoms with van der Waals surface area (Å²) in [6, 6.07) is 15.4. The molecule has 0 bridgehead atoms. The Bertz CT molecular complexity index is 832. The number of halogens is 1. The predicted molar refractivity (Wildman–Crippen MR) is 107 cm³/mol. The van der Waals surface area contributed by atoms with Gasteiger partial charge in [0.1, 0.15) is 6.10 Å². The molecule has 1 heterocycles. The van der Waals surface area contributed by atoms with Gasteiger partial charge >= 0.3 is 5.97 Å². The quantitative estimate of drug-likeness (QED) is 0.667. The number of carboxylic acids is 1. The van der Waals surface area contributed by atoms with Gasteiger partial charge in [0.05, 0.1) is 12.3 Å². The maximum Gasteiger partial charge on any atom is 0.354 e. The van der Waals surface area contributed by atoms with E-state index in [9.17, 15) is 9.90 Å². The molecule has 0 saturated carbocycles. The molecule has 0 aliphatic carbocycles. The average Bonchev–Trinajstić information content (AvgIpc) is 3.10. The normalized spacial score (nSPS) is 20.0. The standard InChI is InChI=1S/C21H22BrNO4/c1-3-18-12-21(20(24)25,27-23-18)19(16-8-10-17(22)11-9-16)26-13-15-6-4-14(2)5-7-15/h4-11,19H,3,12-13H2,1-2H3,(H,24,25). The fourth-order valence-electron chi connectivity index (χ4n) is 3.07. The van der Waals surface area contributed by atoms with E-state index in [1.165, 1.54) is 0 Å². The summed E-state index contributed by atoms with van der Waals surface area (Å²) in [5.41, 5.74) is 2.02. The molecule has 27 heavy (non-hydrogen) atoms. The summed E-state index contributed by atoms with van der Waals surface area (Å²) in [7, 11) is 0. The Morgan fingerprint density at radius 2 is 1.93 bits per heavy atom. The van der Waals surface area contributed by atoms with Crippen molar-refractivity contribution in [3.8, 4) is 0 Å². The van der Waals surface area contributed by atoms with Crippen molar-refractivity contribution in [1.82, 2.24) is 0 Å². The highest BCUT2D eigenvalue weighted by Gasteiger charge is 2.54. The molecule has 2 atom stereocenters. The van der Waals surface area contributed by atoms with Gasteiger partial charge in [-0.3, -0.25) is 0 Å². The van der Waals surface area contributed by atoms with Crippen molar-refractivity contribution in [2.45, 2.75) is 45.0 Å². The van der Waals surface area contributed by atoms with Gasteiger partial charge in [0.2, 0.25) is 0 Å². The van der Waals surface area contributed by atoms with Crippen LogP contribution in [0.25, 0.3) is 0 Å². The first kappa shape index (κ1) is 19.6. The summed E-state index contributed by atoms with van der Waals surface area (Å²) >= 11 is 3.41. The second kappa shape index (κ2) is 8.23. The molecule has 2 unspecified atom stereocenters. The molecule has 0 amide bonds. The molecule has 2 aromatic rings. The molecule has 0 aromatic heterocycles. The second-order valence-electron chi connectivity index (χ2n) is 6.70. The predicted octanol–water partition coefficient (Wildman–Crippen LogP) is 5.03. The number of aryl methyl sites for hydroxylation is 1. The van der Waals surface area contributed by atoms with Crippen molar-refractivity contribution < 1.29 is 19.5 Å². The number of hydrogen-bond donors (Lipinski definition) is 1. The van der Waals surface area contributed by atoms with Crippen LogP contribution in [0.5, 0.6) is 0 Å². The molecule has 6 heteroatoms. The fraction of sp³-hybridized carbons (Fsp3) is 0.333. The number of carbonyl (C=O) groups is 1. The van der Waals surface area contributed by atoms with Crippen LogP contribution in [-0.2, 0) is 21.0 Å². The van der Waals surface area contributed by atoms with E-state index in [1.807, 2.05) is 62.4 Å². The van der Waals surface area contributed by atoms with Gasteiger partial charge in [0.25, 0.3) is 5.60 Å². The van der Waals surface area contributed by atoms with Crippen LogP contribution in [0.4, 0.5) is 0 Å². The highest BCUT2D eigenvalue weighted by molar-refractivity contribution is 9.10. The van der Waals surface area contributed by atoms with Crippen LogP contribution in [0.1, 0.15) is 42.6 Å². The van der Waals surface area contributed by atoms with Crippen LogP contribution in [0, 0.1) is 6.92 Å². The summed E-state index contributed by atoms with van der Waals surface area (Å²) < 4.78 is 7.05. The minimum atomic E-state index is -1.57. The largest absolute Gasteiger partial charge is 0.478 e. The van der Waals surface area contributed by atoms with E-state index >= 15 is 0 Å². The number of carboxylic acid groups (broad SMARTS) is 1. The highest BCUT2D eigenvalue weighted by Crippen LogP contribution is 2.41.